The number of pyridine rings is 1. The van der Waals surface area contributed by atoms with Gasteiger partial charge in [-0.15, -0.1) is 0 Å². The minimum Gasteiger partial charge on any atom is -0.342 e. The van der Waals surface area contributed by atoms with Gasteiger partial charge in [-0.1, -0.05) is 6.07 Å². The Labute approximate surface area is 147 Å². The maximum atomic E-state index is 12.8. The van der Waals surface area contributed by atoms with Crippen molar-refractivity contribution in [2.45, 2.75) is 30.6 Å². The van der Waals surface area contributed by atoms with Gasteiger partial charge in [0, 0.05) is 31.4 Å². The summed E-state index contributed by atoms with van der Waals surface area (Å²) in [6.45, 7) is 3.02. The fraction of sp³-hybridized carbons (Fsp3) is 0.333. The Kier molecular flexibility index (Phi) is 4.05. The van der Waals surface area contributed by atoms with Crippen molar-refractivity contribution in [2.75, 3.05) is 13.1 Å². The number of aromatic amines is 1. The normalized spacial score (nSPS) is 19.3. The van der Waals surface area contributed by atoms with Crippen molar-refractivity contribution in [1.29, 1.82) is 0 Å². The number of aryl methyl sites for hydroxylation is 1. The third-order valence-electron chi connectivity index (χ3n) is 4.70. The molecule has 0 amide bonds. The van der Waals surface area contributed by atoms with E-state index in [1.54, 1.807) is 22.6 Å². The summed E-state index contributed by atoms with van der Waals surface area (Å²) in [4.78, 5) is 12.2. The smallest absolute Gasteiger partial charge is 0.244 e. The zero-order chi connectivity index (χ0) is 17.4. The quantitative estimate of drug-likeness (QED) is 0.783. The molecule has 1 aliphatic heterocycles. The molecule has 7 heteroatoms. The van der Waals surface area contributed by atoms with Crippen LogP contribution in [-0.4, -0.2) is 40.8 Å². The average Bonchev–Trinajstić information content (AvgIpc) is 3.06. The predicted molar refractivity (Wildman–Crippen MR) is 95.8 cm³/mol. The summed E-state index contributed by atoms with van der Waals surface area (Å²) in [5.74, 6) is 0.944. The van der Waals surface area contributed by atoms with Crippen LogP contribution in [0.15, 0.2) is 47.6 Å². The summed E-state index contributed by atoms with van der Waals surface area (Å²) in [7, 11) is -3.51. The van der Waals surface area contributed by atoms with Crippen LogP contribution in [0.25, 0.3) is 11.0 Å². The van der Waals surface area contributed by atoms with Crippen LogP contribution in [-0.2, 0) is 10.0 Å². The van der Waals surface area contributed by atoms with Crippen molar-refractivity contribution in [2.24, 2.45) is 0 Å². The first-order chi connectivity index (χ1) is 12.0. The minimum absolute atomic E-state index is 0.0768. The molecule has 3 heterocycles. The number of hydrogen-bond acceptors (Lipinski definition) is 4. The molecule has 1 saturated heterocycles. The zero-order valence-corrected chi connectivity index (χ0v) is 14.8. The van der Waals surface area contributed by atoms with Crippen LogP contribution in [0.3, 0.4) is 0 Å². The summed E-state index contributed by atoms with van der Waals surface area (Å²) in [5.41, 5.74) is 3.10. The van der Waals surface area contributed by atoms with Crippen molar-refractivity contribution in [1.82, 2.24) is 19.3 Å². The van der Waals surface area contributed by atoms with Crippen molar-refractivity contribution in [3.8, 4) is 0 Å². The molecular weight excluding hydrogens is 336 g/mol. The van der Waals surface area contributed by atoms with E-state index < -0.39 is 10.0 Å². The highest BCUT2D eigenvalue weighted by atomic mass is 32.2. The zero-order valence-electron chi connectivity index (χ0n) is 14.0. The van der Waals surface area contributed by atoms with Crippen molar-refractivity contribution in [3.63, 3.8) is 0 Å². The van der Waals surface area contributed by atoms with Gasteiger partial charge in [-0.3, -0.25) is 4.98 Å². The molecule has 1 aromatic carbocycles. The highest BCUT2D eigenvalue weighted by Crippen LogP contribution is 2.30. The summed E-state index contributed by atoms with van der Waals surface area (Å²) in [5, 5.41) is 0. The number of rotatable bonds is 3. The van der Waals surface area contributed by atoms with E-state index >= 15 is 0 Å². The Morgan fingerprint density at radius 3 is 2.96 bits per heavy atom. The summed E-state index contributed by atoms with van der Waals surface area (Å²) in [6, 6.07) is 9.34. The van der Waals surface area contributed by atoms with E-state index in [2.05, 4.69) is 21.0 Å². The van der Waals surface area contributed by atoms with E-state index in [0.29, 0.717) is 13.1 Å². The van der Waals surface area contributed by atoms with Crippen LogP contribution in [0, 0.1) is 6.92 Å². The van der Waals surface area contributed by atoms with E-state index in [0.717, 1.165) is 29.7 Å². The lowest BCUT2D eigenvalue weighted by Crippen LogP contribution is -2.39. The van der Waals surface area contributed by atoms with Crippen LogP contribution in [0.4, 0.5) is 0 Å². The van der Waals surface area contributed by atoms with Gasteiger partial charge < -0.3 is 4.98 Å². The maximum absolute atomic E-state index is 12.8. The van der Waals surface area contributed by atoms with Gasteiger partial charge in [0.15, 0.2) is 0 Å². The largest absolute Gasteiger partial charge is 0.342 e. The van der Waals surface area contributed by atoms with Crippen LogP contribution in [0.5, 0.6) is 0 Å². The Balaban J connectivity index is 1.62. The number of nitrogens with one attached hydrogen (secondary N) is 1. The standard InChI is InChI=1S/C18H20N4O2S/c1-13-6-7-16-17(10-13)21-18(20-16)14-4-3-9-22(12-14)25(23,24)15-5-2-8-19-11-15/h2,5-8,10-11,14H,3-4,9,12H2,1H3,(H,20,21). The Bertz CT molecular complexity index is 998. The molecule has 25 heavy (non-hydrogen) atoms. The first-order valence-corrected chi connectivity index (χ1v) is 9.84. The van der Waals surface area contributed by atoms with Gasteiger partial charge in [-0.05, 0) is 49.6 Å². The molecule has 0 bridgehead atoms. The molecule has 3 aromatic rings. The van der Waals surface area contributed by atoms with Gasteiger partial charge >= 0.3 is 0 Å². The molecule has 6 nitrogen and oxygen atoms in total. The molecule has 4 rings (SSSR count). The van der Waals surface area contributed by atoms with Gasteiger partial charge in [0.05, 0.1) is 11.0 Å². The van der Waals surface area contributed by atoms with E-state index in [1.165, 1.54) is 11.8 Å². The molecule has 1 unspecified atom stereocenters. The third-order valence-corrected chi connectivity index (χ3v) is 6.55. The Hall–Kier alpha value is -2.25. The first kappa shape index (κ1) is 16.2. The molecule has 130 valence electrons. The van der Waals surface area contributed by atoms with E-state index in [-0.39, 0.29) is 10.8 Å². The van der Waals surface area contributed by atoms with Gasteiger partial charge in [0.1, 0.15) is 10.7 Å². The topological polar surface area (TPSA) is 79.0 Å². The minimum atomic E-state index is -3.51. The average molecular weight is 356 g/mol. The lowest BCUT2D eigenvalue weighted by Gasteiger charge is -2.30. The first-order valence-electron chi connectivity index (χ1n) is 8.40. The summed E-state index contributed by atoms with van der Waals surface area (Å²) < 4.78 is 27.2. The van der Waals surface area contributed by atoms with Crippen LogP contribution < -0.4 is 0 Å². The highest BCUT2D eigenvalue weighted by molar-refractivity contribution is 7.89. The molecule has 1 aliphatic rings. The molecule has 1 N–H and O–H groups in total. The summed E-state index contributed by atoms with van der Waals surface area (Å²) in [6.07, 6.45) is 4.73. The monoisotopic (exact) mass is 356 g/mol. The van der Waals surface area contributed by atoms with Gasteiger partial charge in [-0.25, -0.2) is 13.4 Å². The van der Waals surface area contributed by atoms with E-state index in [9.17, 15) is 8.42 Å². The van der Waals surface area contributed by atoms with Crippen LogP contribution in [0.1, 0.15) is 30.1 Å². The number of hydrogen-bond donors (Lipinski definition) is 1. The van der Waals surface area contributed by atoms with Gasteiger partial charge in [0.2, 0.25) is 10.0 Å². The van der Waals surface area contributed by atoms with Crippen molar-refractivity contribution >= 4 is 21.1 Å². The Morgan fingerprint density at radius 2 is 2.16 bits per heavy atom. The fourth-order valence-electron chi connectivity index (χ4n) is 3.37. The highest BCUT2D eigenvalue weighted by Gasteiger charge is 2.32. The number of imidazole rings is 1. The SMILES string of the molecule is Cc1ccc2nc(C3CCCN(S(=O)(=O)c4cccnc4)C3)[nH]c2c1. The van der Waals surface area contributed by atoms with Crippen molar-refractivity contribution in [3.05, 3.63) is 54.1 Å². The maximum Gasteiger partial charge on any atom is 0.244 e. The van der Waals surface area contributed by atoms with Crippen LogP contribution in [0.2, 0.25) is 0 Å². The van der Waals surface area contributed by atoms with Crippen molar-refractivity contribution < 1.29 is 8.42 Å². The lowest BCUT2D eigenvalue weighted by molar-refractivity contribution is 0.310. The second-order valence-electron chi connectivity index (χ2n) is 6.53. The number of benzene rings is 1. The molecular formula is C18H20N4O2S. The van der Waals surface area contributed by atoms with E-state index in [4.69, 9.17) is 0 Å². The molecule has 0 spiro atoms. The predicted octanol–water partition coefficient (Wildman–Crippen LogP) is 2.83. The number of fused-ring (bicyclic) bond motifs is 1. The number of aromatic nitrogens is 3. The number of nitrogens with zero attached hydrogens (tertiary/aromatic N) is 3. The third kappa shape index (κ3) is 3.05. The second kappa shape index (κ2) is 6.24. The van der Waals surface area contributed by atoms with E-state index in [1.807, 2.05) is 19.1 Å². The van der Waals surface area contributed by atoms with Gasteiger partial charge in [-0.2, -0.15) is 4.31 Å². The summed E-state index contributed by atoms with van der Waals surface area (Å²) >= 11 is 0. The number of piperidine rings is 1. The molecule has 1 fully saturated rings. The molecule has 0 aliphatic carbocycles. The molecule has 0 saturated carbocycles. The number of H-pyrrole nitrogens is 1. The molecule has 1 atom stereocenters. The second-order valence-corrected chi connectivity index (χ2v) is 8.47. The van der Waals surface area contributed by atoms with Crippen LogP contribution >= 0.6 is 0 Å². The lowest BCUT2D eigenvalue weighted by atomic mass is 9.99. The fourth-order valence-corrected chi connectivity index (χ4v) is 4.86. The van der Waals surface area contributed by atoms with Gasteiger partial charge in [0.25, 0.3) is 0 Å². The molecule has 2 aromatic heterocycles. The molecule has 0 radical (unpaired) electrons. The Morgan fingerprint density at radius 1 is 1.28 bits per heavy atom. The number of sulfonamides is 1.